The number of nitrogens with two attached hydrogens (primary N) is 1. The number of nitrogens with zero attached hydrogens (tertiary/aromatic N) is 3. The molecule has 0 unspecified atom stereocenters. The van der Waals surface area contributed by atoms with Crippen LogP contribution in [0.3, 0.4) is 0 Å². The smallest absolute Gasteiger partial charge is 0.125 e. The number of fused-ring (bicyclic) bond motifs is 1. The summed E-state index contributed by atoms with van der Waals surface area (Å²) >= 11 is 0. The predicted molar refractivity (Wildman–Crippen MR) is 50.0 cm³/mol. The Morgan fingerprint density at radius 3 is 3.00 bits per heavy atom. The number of pyridine rings is 1. The van der Waals surface area contributed by atoms with Gasteiger partial charge in [0, 0.05) is 24.3 Å². The van der Waals surface area contributed by atoms with E-state index >= 15 is 0 Å². The van der Waals surface area contributed by atoms with Crippen LogP contribution in [0.2, 0.25) is 0 Å². The van der Waals surface area contributed by atoms with Crippen LogP contribution >= 0.6 is 0 Å². The molecular formula is C9H10N4. The van der Waals surface area contributed by atoms with Crippen molar-refractivity contribution in [2.75, 3.05) is 0 Å². The molecule has 66 valence electrons. The molecule has 2 aromatic heterocycles. The molecule has 13 heavy (non-hydrogen) atoms. The van der Waals surface area contributed by atoms with Crippen LogP contribution in [0.5, 0.6) is 0 Å². The van der Waals surface area contributed by atoms with E-state index in [1.807, 2.05) is 13.0 Å². The Morgan fingerprint density at radius 1 is 1.38 bits per heavy atom. The Balaban J connectivity index is 2.79. The molecule has 0 radical (unpaired) electrons. The van der Waals surface area contributed by atoms with Gasteiger partial charge in [0.2, 0.25) is 0 Å². The summed E-state index contributed by atoms with van der Waals surface area (Å²) in [7, 11) is 0. The largest absolute Gasteiger partial charge is 0.325 e. The van der Waals surface area contributed by atoms with Gasteiger partial charge in [-0.2, -0.15) is 0 Å². The molecule has 2 heterocycles. The first kappa shape index (κ1) is 8.07. The van der Waals surface area contributed by atoms with Gasteiger partial charge in [0.25, 0.3) is 0 Å². The van der Waals surface area contributed by atoms with Crippen molar-refractivity contribution in [3.63, 3.8) is 0 Å². The molecule has 0 amide bonds. The van der Waals surface area contributed by atoms with Crippen LogP contribution in [0.4, 0.5) is 0 Å². The molecule has 0 aliphatic rings. The van der Waals surface area contributed by atoms with Crippen LogP contribution in [-0.2, 0) is 6.54 Å². The minimum Gasteiger partial charge on any atom is -0.325 e. The second-order valence-corrected chi connectivity index (χ2v) is 2.82. The van der Waals surface area contributed by atoms with Crippen molar-refractivity contribution in [1.29, 1.82) is 0 Å². The average molecular weight is 174 g/mol. The highest BCUT2D eigenvalue weighted by Gasteiger charge is 2.01. The van der Waals surface area contributed by atoms with E-state index in [0.29, 0.717) is 6.54 Å². The van der Waals surface area contributed by atoms with Crippen LogP contribution in [0.1, 0.15) is 11.5 Å². The van der Waals surface area contributed by atoms with Crippen LogP contribution in [0.25, 0.3) is 10.9 Å². The van der Waals surface area contributed by atoms with E-state index in [4.69, 9.17) is 5.73 Å². The maximum absolute atomic E-state index is 5.54. The topological polar surface area (TPSA) is 64.7 Å². The third kappa shape index (κ3) is 1.36. The molecular weight excluding hydrogens is 164 g/mol. The number of aromatic nitrogens is 3. The summed E-state index contributed by atoms with van der Waals surface area (Å²) in [5.74, 6) is 0.746. The first-order valence-electron chi connectivity index (χ1n) is 4.08. The fraction of sp³-hybridized carbons (Fsp3) is 0.222. The fourth-order valence-electron chi connectivity index (χ4n) is 1.25. The maximum Gasteiger partial charge on any atom is 0.125 e. The number of rotatable bonds is 1. The SMILES string of the molecule is Cc1ncc2ccnc(CN)c2n1. The lowest BCUT2D eigenvalue weighted by atomic mass is 10.2. The van der Waals surface area contributed by atoms with Crippen LogP contribution in [-0.4, -0.2) is 15.0 Å². The van der Waals surface area contributed by atoms with Gasteiger partial charge in [-0.1, -0.05) is 0 Å². The van der Waals surface area contributed by atoms with Crippen molar-refractivity contribution < 1.29 is 0 Å². The Labute approximate surface area is 75.8 Å². The monoisotopic (exact) mass is 174 g/mol. The Bertz CT molecular complexity index is 439. The molecule has 4 nitrogen and oxygen atoms in total. The van der Waals surface area contributed by atoms with E-state index in [2.05, 4.69) is 15.0 Å². The minimum atomic E-state index is 0.411. The summed E-state index contributed by atoms with van der Waals surface area (Å²) in [5.41, 5.74) is 7.22. The standard InChI is InChI=1S/C9H10N4/c1-6-12-5-7-2-3-11-8(4-10)9(7)13-6/h2-3,5H,4,10H2,1H3. The number of hydrogen-bond acceptors (Lipinski definition) is 4. The predicted octanol–water partition coefficient (Wildman–Crippen LogP) is 0.792. The van der Waals surface area contributed by atoms with Crippen molar-refractivity contribution in [1.82, 2.24) is 15.0 Å². The zero-order chi connectivity index (χ0) is 9.26. The van der Waals surface area contributed by atoms with Gasteiger partial charge in [-0.25, -0.2) is 9.97 Å². The second-order valence-electron chi connectivity index (χ2n) is 2.82. The van der Waals surface area contributed by atoms with Gasteiger partial charge in [0.15, 0.2) is 0 Å². The summed E-state index contributed by atoms with van der Waals surface area (Å²) in [6, 6.07) is 1.88. The lowest BCUT2D eigenvalue weighted by Gasteiger charge is -2.01. The summed E-state index contributed by atoms with van der Waals surface area (Å²) < 4.78 is 0. The van der Waals surface area contributed by atoms with E-state index < -0.39 is 0 Å². The van der Waals surface area contributed by atoms with Gasteiger partial charge in [-0.05, 0) is 13.0 Å². The molecule has 0 bridgehead atoms. The molecule has 0 atom stereocenters. The first-order valence-corrected chi connectivity index (χ1v) is 4.08. The number of hydrogen-bond donors (Lipinski definition) is 1. The van der Waals surface area contributed by atoms with E-state index in [-0.39, 0.29) is 0 Å². The molecule has 0 aromatic carbocycles. The lowest BCUT2D eigenvalue weighted by molar-refractivity contribution is 0.985. The van der Waals surface area contributed by atoms with Crippen molar-refractivity contribution >= 4 is 10.9 Å². The van der Waals surface area contributed by atoms with Gasteiger partial charge < -0.3 is 5.73 Å². The highest BCUT2D eigenvalue weighted by molar-refractivity contribution is 5.79. The fourth-order valence-corrected chi connectivity index (χ4v) is 1.25. The summed E-state index contributed by atoms with van der Waals surface area (Å²) in [4.78, 5) is 12.5. The highest BCUT2D eigenvalue weighted by Crippen LogP contribution is 2.12. The van der Waals surface area contributed by atoms with Crippen molar-refractivity contribution in [2.45, 2.75) is 13.5 Å². The van der Waals surface area contributed by atoms with Crippen molar-refractivity contribution in [3.05, 3.63) is 30.0 Å². The molecule has 2 N–H and O–H groups in total. The van der Waals surface area contributed by atoms with Gasteiger partial charge in [-0.15, -0.1) is 0 Å². The zero-order valence-corrected chi connectivity index (χ0v) is 7.36. The van der Waals surface area contributed by atoms with E-state index in [1.54, 1.807) is 12.4 Å². The molecule has 2 rings (SSSR count). The molecule has 0 saturated carbocycles. The van der Waals surface area contributed by atoms with E-state index in [1.165, 1.54) is 0 Å². The normalized spacial score (nSPS) is 10.6. The van der Waals surface area contributed by atoms with Gasteiger partial charge >= 0.3 is 0 Å². The summed E-state index contributed by atoms with van der Waals surface area (Å²) in [6.07, 6.45) is 3.52. The Hall–Kier alpha value is -1.55. The molecule has 0 aliphatic heterocycles. The Morgan fingerprint density at radius 2 is 2.23 bits per heavy atom. The summed E-state index contributed by atoms with van der Waals surface area (Å²) in [6.45, 7) is 2.26. The van der Waals surface area contributed by atoms with Gasteiger partial charge in [0.1, 0.15) is 5.82 Å². The Kier molecular flexibility index (Phi) is 1.90. The first-order chi connectivity index (χ1) is 6.31. The molecule has 4 heteroatoms. The molecule has 0 fully saturated rings. The van der Waals surface area contributed by atoms with Crippen molar-refractivity contribution in [3.8, 4) is 0 Å². The molecule has 0 aliphatic carbocycles. The highest BCUT2D eigenvalue weighted by atomic mass is 14.9. The number of aryl methyl sites for hydroxylation is 1. The molecule has 2 aromatic rings. The quantitative estimate of drug-likeness (QED) is 0.694. The van der Waals surface area contributed by atoms with Gasteiger partial charge in [-0.3, -0.25) is 4.98 Å². The maximum atomic E-state index is 5.54. The third-order valence-electron chi connectivity index (χ3n) is 1.89. The van der Waals surface area contributed by atoms with E-state index in [0.717, 1.165) is 22.4 Å². The van der Waals surface area contributed by atoms with Crippen molar-refractivity contribution in [2.24, 2.45) is 5.73 Å². The lowest BCUT2D eigenvalue weighted by Crippen LogP contribution is -2.02. The van der Waals surface area contributed by atoms with Crippen LogP contribution in [0.15, 0.2) is 18.5 Å². The average Bonchev–Trinajstić information content (AvgIpc) is 2.17. The zero-order valence-electron chi connectivity index (χ0n) is 7.36. The summed E-state index contributed by atoms with van der Waals surface area (Å²) in [5, 5.41) is 0.987. The van der Waals surface area contributed by atoms with Crippen LogP contribution < -0.4 is 5.73 Å². The third-order valence-corrected chi connectivity index (χ3v) is 1.89. The van der Waals surface area contributed by atoms with Crippen LogP contribution in [0, 0.1) is 6.92 Å². The molecule has 0 saturated heterocycles. The van der Waals surface area contributed by atoms with E-state index in [9.17, 15) is 0 Å². The van der Waals surface area contributed by atoms with Gasteiger partial charge in [0.05, 0.1) is 11.2 Å². The second kappa shape index (κ2) is 3.06. The molecule has 0 spiro atoms. The minimum absolute atomic E-state index is 0.411.